The van der Waals surface area contributed by atoms with Gasteiger partial charge < -0.3 is 10.5 Å². The molecule has 106 valence electrons. The van der Waals surface area contributed by atoms with Crippen molar-refractivity contribution in [3.8, 4) is 5.88 Å². The number of ether oxygens (including phenoxy) is 1. The molecule has 19 heavy (non-hydrogen) atoms. The Bertz CT molecular complexity index is 431. The molecule has 2 rings (SSSR count). The van der Waals surface area contributed by atoms with Gasteiger partial charge in [0.1, 0.15) is 11.8 Å². The maximum absolute atomic E-state index is 13.1. The van der Waals surface area contributed by atoms with E-state index in [-0.39, 0.29) is 18.5 Å². The maximum atomic E-state index is 13.1. The van der Waals surface area contributed by atoms with Gasteiger partial charge in [-0.05, 0) is 43.4 Å². The second kappa shape index (κ2) is 6.01. The summed E-state index contributed by atoms with van der Waals surface area (Å²) in [7, 11) is 0. The van der Waals surface area contributed by atoms with Crippen molar-refractivity contribution >= 4 is 11.6 Å². The quantitative estimate of drug-likeness (QED) is 0.863. The molecule has 0 unspecified atom stereocenters. The van der Waals surface area contributed by atoms with Crippen LogP contribution in [0.2, 0.25) is 0 Å². The smallest absolute Gasteiger partial charge is 0.364 e. The summed E-state index contributed by atoms with van der Waals surface area (Å²) in [5, 5.41) is -3.49. The van der Waals surface area contributed by atoms with E-state index in [9.17, 15) is 8.78 Å². The number of pyridine rings is 1. The fourth-order valence-corrected chi connectivity index (χ4v) is 2.33. The van der Waals surface area contributed by atoms with Gasteiger partial charge in [0.15, 0.2) is 0 Å². The molecule has 1 fully saturated rings. The summed E-state index contributed by atoms with van der Waals surface area (Å²) >= 11 is 4.99. The third-order valence-corrected chi connectivity index (χ3v) is 3.47. The van der Waals surface area contributed by atoms with E-state index < -0.39 is 11.1 Å². The largest absolute Gasteiger partial charge is 0.474 e. The van der Waals surface area contributed by atoms with E-state index in [1.165, 1.54) is 18.6 Å². The lowest BCUT2D eigenvalue weighted by Gasteiger charge is -2.24. The molecular weight excluding hydrogens is 274 g/mol. The summed E-state index contributed by atoms with van der Waals surface area (Å²) in [5.74, 6) is 0.187. The highest BCUT2D eigenvalue weighted by atomic mass is 35.5. The molecule has 0 aliphatic heterocycles. The van der Waals surface area contributed by atoms with Crippen LogP contribution in [0.25, 0.3) is 0 Å². The topological polar surface area (TPSA) is 48.1 Å². The first-order chi connectivity index (χ1) is 9.00. The van der Waals surface area contributed by atoms with Gasteiger partial charge in [0, 0.05) is 12.1 Å². The molecule has 2 N–H and O–H groups in total. The van der Waals surface area contributed by atoms with Crippen LogP contribution in [-0.2, 0) is 11.9 Å². The number of nitrogens with two attached hydrogens (primary N) is 1. The van der Waals surface area contributed by atoms with Crippen LogP contribution in [0, 0.1) is 0 Å². The van der Waals surface area contributed by atoms with Gasteiger partial charge in [-0.25, -0.2) is 4.98 Å². The highest BCUT2D eigenvalue weighted by molar-refractivity contribution is 6.21. The first-order valence-electron chi connectivity index (χ1n) is 6.44. The van der Waals surface area contributed by atoms with Gasteiger partial charge in [-0.2, -0.15) is 8.78 Å². The van der Waals surface area contributed by atoms with Gasteiger partial charge in [-0.3, -0.25) is 0 Å². The highest BCUT2D eigenvalue weighted by Gasteiger charge is 2.31. The molecule has 0 radical (unpaired) electrons. The Morgan fingerprint density at radius 1 is 1.32 bits per heavy atom. The van der Waals surface area contributed by atoms with Crippen molar-refractivity contribution in [1.29, 1.82) is 0 Å². The zero-order valence-corrected chi connectivity index (χ0v) is 11.3. The first-order valence-corrected chi connectivity index (χ1v) is 6.82. The minimum Gasteiger partial charge on any atom is -0.474 e. The van der Waals surface area contributed by atoms with Crippen LogP contribution in [-0.4, -0.2) is 11.1 Å². The number of halogens is 3. The van der Waals surface area contributed by atoms with Crippen molar-refractivity contribution in [2.45, 2.75) is 50.1 Å². The zero-order valence-electron chi connectivity index (χ0n) is 10.5. The third-order valence-electron chi connectivity index (χ3n) is 3.28. The van der Waals surface area contributed by atoms with Crippen LogP contribution < -0.4 is 10.5 Å². The van der Waals surface area contributed by atoms with Gasteiger partial charge in [-0.1, -0.05) is 12.5 Å². The van der Waals surface area contributed by atoms with Crippen LogP contribution in [0.1, 0.15) is 43.4 Å². The SMILES string of the molecule is NCc1ccc(C(F)(F)Cl)nc1OC1CCCCC1. The van der Waals surface area contributed by atoms with Gasteiger partial charge in [-0.15, -0.1) is 0 Å². The van der Waals surface area contributed by atoms with E-state index in [4.69, 9.17) is 22.1 Å². The lowest BCUT2D eigenvalue weighted by molar-refractivity contribution is 0.0867. The molecule has 0 amide bonds. The van der Waals surface area contributed by atoms with Crippen LogP contribution in [0.3, 0.4) is 0 Å². The predicted molar refractivity (Wildman–Crippen MR) is 69.4 cm³/mol. The summed E-state index contributed by atoms with van der Waals surface area (Å²) in [5.41, 5.74) is 5.69. The molecule has 0 saturated heterocycles. The van der Waals surface area contributed by atoms with Crippen LogP contribution in [0.5, 0.6) is 5.88 Å². The molecular formula is C13H17ClF2N2O. The molecule has 1 aromatic rings. The average molecular weight is 291 g/mol. The molecule has 6 heteroatoms. The molecule has 1 saturated carbocycles. The maximum Gasteiger partial charge on any atom is 0.364 e. The lowest BCUT2D eigenvalue weighted by Crippen LogP contribution is -2.22. The second-order valence-electron chi connectivity index (χ2n) is 4.74. The van der Waals surface area contributed by atoms with E-state index in [0.29, 0.717) is 5.56 Å². The van der Waals surface area contributed by atoms with Crippen LogP contribution >= 0.6 is 11.6 Å². The average Bonchev–Trinajstić information content (AvgIpc) is 2.39. The Morgan fingerprint density at radius 3 is 2.58 bits per heavy atom. The van der Waals surface area contributed by atoms with Gasteiger partial charge in [0.25, 0.3) is 0 Å². The van der Waals surface area contributed by atoms with Crippen molar-refractivity contribution in [3.63, 3.8) is 0 Å². The standard InChI is InChI=1S/C13H17ClF2N2O/c14-13(15,16)11-7-6-9(8-17)12(18-11)19-10-4-2-1-3-5-10/h6-7,10H,1-5,8,17H2. The van der Waals surface area contributed by atoms with Crippen molar-refractivity contribution in [2.75, 3.05) is 0 Å². The van der Waals surface area contributed by atoms with Gasteiger partial charge >= 0.3 is 5.38 Å². The molecule has 0 aromatic carbocycles. The molecule has 1 aliphatic carbocycles. The molecule has 0 atom stereocenters. The minimum atomic E-state index is -3.49. The normalized spacial score (nSPS) is 17.5. The number of alkyl halides is 3. The first kappa shape index (κ1) is 14.5. The Hall–Kier alpha value is -0.940. The Morgan fingerprint density at radius 2 is 2.00 bits per heavy atom. The fraction of sp³-hybridized carbons (Fsp3) is 0.615. The molecule has 3 nitrogen and oxygen atoms in total. The number of hydrogen-bond donors (Lipinski definition) is 1. The molecule has 0 spiro atoms. The van der Waals surface area contributed by atoms with E-state index in [0.717, 1.165) is 25.7 Å². The summed E-state index contributed by atoms with van der Waals surface area (Å²) in [4.78, 5) is 3.82. The second-order valence-corrected chi connectivity index (χ2v) is 5.22. The fourth-order valence-electron chi connectivity index (χ4n) is 2.23. The van der Waals surface area contributed by atoms with Crippen molar-refractivity contribution in [1.82, 2.24) is 4.98 Å². The molecule has 1 heterocycles. The molecule has 1 aliphatic rings. The Kier molecular flexibility index (Phi) is 4.58. The summed E-state index contributed by atoms with van der Waals surface area (Å²) < 4.78 is 31.9. The Labute approximate surface area is 116 Å². The third kappa shape index (κ3) is 3.76. The summed E-state index contributed by atoms with van der Waals surface area (Å²) in [6.45, 7) is 0.198. The minimum absolute atomic E-state index is 0.0331. The van der Waals surface area contributed by atoms with Crippen LogP contribution in [0.4, 0.5) is 8.78 Å². The summed E-state index contributed by atoms with van der Waals surface area (Å²) in [6, 6.07) is 2.68. The van der Waals surface area contributed by atoms with E-state index in [1.54, 1.807) is 0 Å². The highest BCUT2D eigenvalue weighted by Crippen LogP contribution is 2.33. The van der Waals surface area contributed by atoms with Crippen molar-refractivity contribution < 1.29 is 13.5 Å². The van der Waals surface area contributed by atoms with Crippen molar-refractivity contribution in [2.24, 2.45) is 5.73 Å². The molecule has 0 bridgehead atoms. The molecule has 1 aromatic heterocycles. The number of hydrogen-bond acceptors (Lipinski definition) is 3. The number of aromatic nitrogens is 1. The van der Waals surface area contributed by atoms with E-state index in [1.807, 2.05) is 0 Å². The zero-order chi connectivity index (χ0) is 13.9. The van der Waals surface area contributed by atoms with Crippen LogP contribution in [0.15, 0.2) is 12.1 Å². The Balaban J connectivity index is 2.20. The van der Waals surface area contributed by atoms with Gasteiger partial charge in [0.2, 0.25) is 5.88 Å². The summed E-state index contributed by atoms with van der Waals surface area (Å²) in [6.07, 6.45) is 5.25. The van der Waals surface area contributed by atoms with Crippen molar-refractivity contribution in [3.05, 3.63) is 23.4 Å². The number of rotatable bonds is 4. The van der Waals surface area contributed by atoms with Gasteiger partial charge in [0.05, 0.1) is 0 Å². The number of nitrogens with zero attached hydrogens (tertiary/aromatic N) is 1. The monoisotopic (exact) mass is 290 g/mol. The lowest BCUT2D eigenvalue weighted by atomic mass is 9.98. The van der Waals surface area contributed by atoms with E-state index in [2.05, 4.69) is 4.98 Å². The van der Waals surface area contributed by atoms with E-state index >= 15 is 0 Å². The predicted octanol–water partition coefficient (Wildman–Crippen LogP) is 3.54.